The number of unbranched alkanes of at least 4 members (excludes halogenated alkanes) is 3. The first-order valence-corrected chi connectivity index (χ1v) is 8.69. The van der Waals surface area contributed by atoms with Gasteiger partial charge in [-0.3, -0.25) is 0 Å². The number of hydrogen-bond acceptors (Lipinski definition) is 7. The van der Waals surface area contributed by atoms with Crippen LogP contribution in [0, 0.1) is 0 Å². The minimum Gasteiger partial charge on any atom is -0.395 e. The topological polar surface area (TPSA) is 102 Å². The van der Waals surface area contributed by atoms with Crippen LogP contribution in [0.4, 0.5) is 0 Å². The Morgan fingerprint density at radius 3 is 2.62 bits per heavy atom. The van der Waals surface area contributed by atoms with Crippen molar-refractivity contribution in [2.45, 2.75) is 32.1 Å². The van der Waals surface area contributed by atoms with Gasteiger partial charge in [-0.15, -0.1) is 15.3 Å². The molecule has 2 aromatic heterocycles. The van der Waals surface area contributed by atoms with Gasteiger partial charge in [0.1, 0.15) is 18.0 Å². The molecule has 8 nitrogen and oxygen atoms in total. The normalized spacial score (nSPS) is 11.5. The van der Waals surface area contributed by atoms with Gasteiger partial charge >= 0.3 is 0 Å². The number of nitrogens with zero attached hydrogens (tertiary/aromatic N) is 6. The van der Waals surface area contributed by atoms with Crippen molar-refractivity contribution in [2.75, 3.05) is 6.61 Å². The molecule has 0 aliphatic carbocycles. The Morgan fingerprint density at radius 2 is 1.85 bits per heavy atom. The summed E-state index contributed by atoms with van der Waals surface area (Å²) in [5.41, 5.74) is 2.34. The number of tetrazole rings is 1. The van der Waals surface area contributed by atoms with Crippen LogP contribution < -0.4 is 0 Å². The van der Waals surface area contributed by atoms with E-state index < -0.39 is 0 Å². The molecule has 0 aliphatic heterocycles. The summed E-state index contributed by atoms with van der Waals surface area (Å²) in [6.45, 7) is 0.568. The number of oxime groups is 1. The van der Waals surface area contributed by atoms with Crippen LogP contribution in [0.5, 0.6) is 0 Å². The second-order valence-corrected chi connectivity index (χ2v) is 5.74. The van der Waals surface area contributed by atoms with E-state index in [4.69, 9.17) is 4.84 Å². The average molecular weight is 351 g/mol. The molecule has 0 fully saturated rings. The van der Waals surface area contributed by atoms with E-state index in [2.05, 4.69) is 36.0 Å². The molecule has 0 radical (unpaired) electrons. The van der Waals surface area contributed by atoms with Gasteiger partial charge < -0.3 is 4.84 Å². The lowest BCUT2D eigenvalue weighted by Crippen LogP contribution is -2.07. The molecule has 26 heavy (non-hydrogen) atoms. The number of benzene rings is 1. The molecule has 0 aliphatic rings. The molecular formula is C18H21N7O. The Bertz CT molecular complexity index is 734. The molecule has 1 N–H and O–H groups in total. The van der Waals surface area contributed by atoms with E-state index in [-0.39, 0.29) is 0 Å². The van der Waals surface area contributed by atoms with Crippen LogP contribution in [0.1, 0.15) is 42.8 Å². The standard InChI is InChI=1S/C18H21N7O/c1(6-12-17-21-24-25-22-17)2-7-14-26-23-18(15-9-4-3-5-10-15)16-11-8-13-19-20-16/h3-5,8-11,13H,1-2,6-7,12,14H2,(H,21,22,24,25)/b23-18+. The summed E-state index contributed by atoms with van der Waals surface area (Å²) in [7, 11) is 0. The minimum atomic E-state index is 0.568. The third-order valence-corrected chi connectivity index (χ3v) is 3.79. The van der Waals surface area contributed by atoms with Crippen molar-refractivity contribution < 1.29 is 4.84 Å². The van der Waals surface area contributed by atoms with Gasteiger partial charge in [0.15, 0.2) is 5.82 Å². The van der Waals surface area contributed by atoms with Crippen molar-refractivity contribution in [3.05, 3.63) is 65.7 Å². The molecular weight excluding hydrogens is 330 g/mol. The summed E-state index contributed by atoms with van der Waals surface area (Å²) in [6, 6.07) is 13.6. The Labute approximate surface area is 151 Å². The van der Waals surface area contributed by atoms with Crippen LogP contribution in [0.3, 0.4) is 0 Å². The highest BCUT2D eigenvalue weighted by atomic mass is 16.6. The van der Waals surface area contributed by atoms with E-state index in [0.29, 0.717) is 18.0 Å². The third kappa shape index (κ3) is 5.44. The summed E-state index contributed by atoms with van der Waals surface area (Å²) in [4.78, 5) is 5.54. The van der Waals surface area contributed by atoms with E-state index in [0.717, 1.165) is 43.5 Å². The average Bonchev–Trinajstić information content (AvgIpc) is 3.22. The molecule has 3 aromatic rings. The van der Waals surface area contributed by atoms with Gasteiger partial charge in [0.2, 0.25) is 0 Å². The number of aryl methyl sites for hydroxylation is 1. The zero-order valence-electron chi connectivity index (χ0n) is 14.5. The molecule has 8 heteroatoms. The molecule has 0 atom stereocenters. The smallest absolute Gasteiger partial charge is 0.174 e. The predicted octanol–water partition coefficient (Wildman–Crippen LogP) is 2.56. The van der Waals surface area contributed by atoms with Crippen LogP contribution in [0.25, 0.3) is 0 Å². The Kier molecular flexibility index (Phi) is 6.77. The monoisotopic (exact) mass is 351 g/mol. The van der Waals surface area contributed by atoms with E-state index in [1.807, 2.05) is 42.5 Å². The first-order chi connectivity index (χ1) is 12.9. The molecule has 134 valence electrons. The number of aromatic amines is 1. The van der Waals surface area contributed by atoms with Crippen molar-refractivity contribution in [2.24, 2.45) is 5.16 Å². The number of H-pyrrole nitrogens is 1. The van der Waals surface area contributed by atoms with Gasteiger partial charge in [-0.05, 0) is 31.4 Å². The van der Waals surface area contributed by atoms with E-state index in [9.17, 15) is 0 Å². The lowest BCUT2D eigenvalue weighted by molar-refractivity contribution is 0.140. The SMILES string of the molecule is c1ccc(/C(=N\OCCCCCCc2nn[nH]n2)c2cccnn2)cc1. The summed E-state index contributed by atoms with van der Waals surface area (Å²) in [5, 5.41) is 26.3. The van der Waals surface area contributed by atoms with E-state index in [1.54, 1.807) is 6.20 Å². The van der Waals surface area contributed by atoms with Gasteiger partial charge in [-0.25, -0.2) is 0 Å². The first kappa shape index (κ1) is 17.7. The highest BCUT2D eigenvalue weighted by Gasteiger charge is 2.09. The minimum absolute atomic E-state index is 0.568. The van der Waals surface area contributed by atoms with Gasteiger partial charge in [0, 0.05) is 18.2 Å². The molecule has 2 heterocycles. The molecule has 1 aromatic carbocycles. The van der Waals surface area contributed by atoms with Crippen LogP contribution in [-0.4, -0.2) is 43.1 Å². The van der Waals surface area contributed by atoms with E-state index in [1.165, 1.54) is 0 Å². The third-order valence-electron chi connectivity index (χ3n) is 3.79. The molecule has 0 spiro atoms. The van der Waals surface area contributed by atoms with Gasteiger partial charge in [0.25, 0.3) is 0 Å². The Hall–Kier alpha value is -3.16. The fourth-order valence-corrected chi connectivity index (χ4v) is 2.47. The summed E-state index contributed by atoms with van der Waals surface area (Å²) < 4.78 is 0. The first-order valence-electron chi connectivity index (χ1n) is 8.69. The van der Waals surface area contributed by atoms with Crippen molar-refractivity contribution in [3.63, 3.8) is 0 Å². The van der Waals surface area contributed by atoms with E-state index >= 15 is 0 Å². The fourth-order valence-electron chi connectivity index (χ4n) is 2.47. The summed E-state index contributed by atoms with van der Waals surface area (Å²) in [6.07, 6.45) is 6.63. The van der Waals surface area contributed by atoms with Gasteiger partial charge in [0.05, 0.1) is 0 Å². The zero-order chi connectivity index (χ0) is 17.9. The van der Waals surface area contributed by atoms with Crippen molar-refractivity contribution in [1.82, 2.24) is 30.8 Å². The summed E-state index contributed by atoms with van der Waals surface area (Å²) >= 11 is 0. The van der Waals surface area contributed by atoms with Crippen molar-refractivity contribution >= 4 is 5.71 Å². The second kappa shape index (κ2) is 9.97. The Balaban J connectivity index is 1.45. The molecule has 0 bridgehead atoms. The van der Waals surface area contributed by atoms with Crippen molar-refractivity contribution in [3.8, 4) is 0 Å². The van der Waals surface area contributed by atoms with Gasteiger partial charge in [-0.1, -0.05) is 47.1 Å². The maximum Gasteiger partial charge on any atom is 0.174 e. The number of rotatable bonds is 10. The highest BCUT2D eigenvalue weighted by molar-refractivity contribution is 6.11. The highest BCUT2D eigenvalue weighted by Crippen LogP contribution is 2.09. The van der Waals surface area contributed by atoms with Gasteiger partial charge in [-0.2, -0.15) is 10.3 Å². The molecule has 0 saturated heterocycles. The quantitative estimate of drug-likeness (QED) is 0.342. The van der Waals surface area contributed by atoms with Crippen molar-refractivity contribution in [1.29, 1.82) is 0 Å². The number of hydrogen-bond donors (Lipinski definition) is 1. The Morgan fingerprint density at radius 1 is 0.962 bits per heavy atom. The molecule has 0 saturated carbocycles. The van der Waals surface area contributed by atoms with Crippen LogP contribution >= 0.6 is 0 Å². The maximum absolute atomic E-state index is 5.54. The predicted molar refractivity (Wildman–Crippen MR) is 96.4 cm³/mol. The number of nitrogens with one attached hydrogen (secondary N) is 1. The summed E-state index contributed by atoms with van der Waals surface area (Å²) in [5.74, 6) is 0.766. The molecule has 3 rings (SSSR count). The number of aromatic nitrogens is 6. The van der Waals surface area contributed by atoms with Crippen LogP contribution in [0.2, 0.25) is 0 Å². The lowest BCUT2D eigenvalue weighted by atomic mass is 10.1. The molecule has 0 amide bonds. The largest absolute Gasteiger partial charge is 0.395 e. The maximum atomic E-state index is 5.54. The second-order valence-electron chi connectivity index (χ2n) is 5.74. The van der Waals surface area contributed by atoms with Crippen LogP contribution in [-0.2, 0) is 11.3 Å². The molecule has 0 unspecified atom stereocenters. The van der Waals surface area contributed by atoms with Crippen LogP contribution in [0.15, 0.2) is 53.8 Å². The fraction of sp³-hybridized carbons (Fsp3) is 0.333. The lowest BCUT2D eigenvalue weighted by Gasteiger charge is -2.06. The zero-order valence-corrected chi connectivity index (χ0v) is 14.5.